The van der Waals surface area contributed by atoms with E-state index in [-0.39, 0.29) is 5.78 Å². The van der Waals surface area contributed by atoms with E-state index in [1.165, 1.54) is 6.42 Å². The standard InChI is InChI=1S/C13H18OS/c1-11(2)8-9-15-10-13(14)12-6-4-3-5-7-12/h3-7,11H,8-10H2,1-2H3. The Balaban J connectivity index is 2.25. The molecular formula is C13H18OS. The van der Waals surface area contributed by atoms with E-state index in [4.69, 9.17) is 0 Å². The van der Waals surface area contributed by atoms with Crippen molar-refractivity contribution in [2.75, 3.05) is 11.5 Å². The third kappa shape index (κ3) is 5.03. The Morgan fingerprint density at radius 2 is 1.93 bits per heavy atom. The highest BCUT2D eigenvalue weighted by atomic mass is 32.2. The van der Waals surface area contributed by atoms with E-state index in [1.54, 1.807) is 11.8 Å². The van der Waals surface area contributed by atoms with Crippen molar-refractivity contribution in [1.82, 2.24) is 0 Å². The van der Waals surface area contributed by atoms with Crippen LogP contribution < -0.4 is 0 Å². The SMILES string of the molecule is CC(C)CCSCC(=O)c1ccccc1. The highest BCUT2D eigenvalue weighted by Gasteiger charge is 2.04. The van der Waals surface area contributed by atoms with Gasteiger partial charge in [0.05, 0.1) is 5.75 Å². The van der Waals surface area contributed by atoms with E-state index < -0.39 is 0 Å². The second-order valence-corrected chi connectivity index (χ2v) is 5.13. The van der Waals surface area contributed by atoms with Crippen LogP contribution in [0.3, 0.4) is 0 Å². The molecule has 1 nitrogen and oxygen atoms in total. The lowest BCUT2D eigenvalue weighted by atomic mass is 10.2. The number of hydrogen-bond acceptors (Lipinski definition) is 2. The summed E-state index contributed by atoms with van der Waals surface area (Å²) in [5.74, 6) is 2.65. The normalized spacial score (nSPS) is 10.6. The third-order valence-electron chi connectivity index (χ3n) is 2.17. The zero-order chi connectivity index (χ0) is 11.1. The van der Waals surface area contributed by atoms with Crippen LogP contribution in [0.25, 0.3) is 0 Å². The first-order valence-corrected chi connectivity index (χ1v) is 6.51. The number of hydrogen-bond donors (Lipinski definition) is 0. The number of carbonyl (C=O) groups is 1. The fourth-order valence-electron chi connectivity index (χ4n) is 1.19. The van der Waals surface area contributed by atoms with Crippen LogP contribution in [0.5, 0.6) is 0 Å². The van der Waals surface area contributed by atoms with Crippen molar-refractivity contribution in [3.8, 4) is 0 Å². The van der Waals surface area contributed by atoms with Crippen molar-refractivity contribution in [3.63, 3.8) is 0 Å². The van der Waals surface area contributed by atoms with Gasteiger partial charge < -0.3 is 0 Å². The first-order valence-electron chi connectivity index (χ1n) is 5.36. The minimum Gasteiger partial charge on any atom is -0.293 e. The van der Waals surface area contributed by atoms with E-state index in [1.807, 2.05) is 30.3 Å². The summed E-state index contributed by atoms with van der Waals surface area (Å²) in [6, 6.07) is 9.51. The fraction of sp³-hybridized carbons (Fsp3) is 0.462. The summed E-state index contributed by atoms with van der Waals surface area (Å²) in [6.07, 6.45) is 1.19. The monoisotopic (exact) mass is 222 g/mol. The molecule has 0 atom stereocenters. The quantitative estimate of drug-likeness (QED) is 0.540. The average molecular weight is 222 g/mol. The van der Waals surface area contributed by atoms with Gasteiger partial charge in [0.1, 0.15) is 0 Å². The summed E-state index contributed by atoms with van der Waals surface area (Å²) >= 11 is 1.73. The predicted molar refractivity (Wildman–Crippen MR) is 67.6 cm³/mol. The van der Waals surface area contributed by atoms with E-state index in [0.717, 1.165) is 17.2 Å². The number of thioether (sulfide) groups is 1. The summed E-state index contributed by atoms with van der Waals surface area (Å²) in [4.78, 5) is 11.7. The van der Waals surface area contributed by atoms with Gasteiger partial charge in [-0.3, -0.25) is 4.79 Å². The van der Waals surface area contributed by atoms with Gasteiger partial charge in [-0.25, -0.2) is 0 Å². The Labute approximate surface area is 96.3 Å². The molecular weight excluding hydrogens is 204 g/mol. The molecule has 0 heterocycles. The van der Waals surface area contributed by atoms with Crippen LogP contribution in [-0.2, 0) is 0 Å². The van der Waals surface area contributed by atoms with Gasteiger partial charge in [0.15, 0.2) is 5.78 Å². The van der Waals surface area contributed by atoms with E-state index in [9.17, 15) is 4.79 Å². The van der Waals surface area contributed by atoms with Crippen LogP contribution >= 0.6 is 11.8 Å². The average Bonchev–Trinajstić information content (AvgIpc) is 2.25. The summed E-state index contributed by atoms with van der Waals surface area (Å²) in [6.45, 7) is 4.42. The molecule has 1 aromatic rings. The Bertz CT molecular complexity index is 293. The van der Waals surface area contributed by atoms with Crippen molar-refractivity contribution in [2.45, 2.75) is 20.3 Å². The molecule has 0 bridgehead atoms. The topological polar surface area (TPSA) is 17.1 Å². The zero-order valence-electron chi connectivity index (χ0n) is 9.40. The summed E-state index contributed by atoms with van der Waals surface area (Å²) in [5.41, 5.74) is 0.828. The van der Waals surface area contributed by atoms with Crippen molar-refractivity contribution in [1.29, 1.82) is 0 Å². The molecule has 0 aromatic heterocycles. The van der Waals surface area contributed by atoms with E-state index in [0.29, 0.717) is 5.75 Å². The molecule has 0 radical (unpaired) electrons. The maximum absolute atomic E-state index is 11.7. The summed E-state index contributed by atoms with van der Waals surface area (Å²) < 4.78 is 0. The minimum absolute atomic E-state index is 0.240. The first kappa shape index (κ1) is 12.3. The van der Waals surface area contributed by atoms with Crippen LogP contribution in [0.2, 0.25) is 0 Å². The van der Waals surface area contributed by atoms with Gasteiger partial charge in [-0.1, -0.05) is 44.2 Å². The predicted octanol–water partition coefficient (Wildman–Crippen LogP) is 3.65. The van der Waals surface area contributed by atoms with E-state index in [2.05, 4.69) is 13.8 Å². The molecule has 1 aromatic carbocycles. The molecule has 0 aliphatic rings. The van der Waals surface area contributed by atoms with Crippen LogP contribution in [0, 0.1) is 5.92 Å². The largest absolute Gasteiger partial charge is 0.293 e. The lowest BCUT2D eigenvalue weighted by Gasteiger charge is -2.03. The second-order valence-electron chi connectivity index (χ2n) is 4.02. The molecule has 0 amide bonds. The molecule has 82 valence electrons. The number of Topliss-reactive ketones (excluding diaryl/α,β-unsaturated/α-hetero) is 1. The third-order valence-corrected chi connectivity index (χ3v) is 3.16. The summed E-state index contributed by atoms with van der Waals surface area (Å²) in [5, 5.41) is 0. The smallest absolute Gasteiger partial charge is 0.172 e. The van der Waals surface area contributed by atoms with Gasteiger partial charge in [0.25, 0.3) is 0 Å². The van der Waals surface area contributed by atoms with Crippen molar-refractivity contribution >= 4 is 17.5 Å². The molecule has 0 spiro atoms. The molecule has 0 aliphatic carbocycles. The lowest BCUT2D eigenvalue weighted by Crippen LogP contribution is -2.03. The van der Waals surface area contributed by atoms with Crippen molar-refractivity contribution < 1.29 is 4.79 Å². The fourth-order valence-corrected chi connectivity index (χ4v) is 2.33. The Kier molecular flexibility index (Phi) is 5.48. The first-order chi connectivity index (χ1) is 7.20. The number of carbonyl (C=O) groups excluding carboxylic acids is 1. The maximum atomic E-state index is 11.7. The van der Waals surface area contributed by atoms with Crippen molar-refractivity contribution in [2.24, 2.45) is 5.92 Å². The van der Waals surface area contributed by atoms with Gasteiger partial charge in [-0.15, -0.1) is 0 Å². The number of benzene rings is 1. The van der Waals surface area contributed by atoms with Gasteiger partial charge >= 0.3 is 0 Å². The maximum Gasteiger partial charge on any atom is 0.172 e. The number of ketones is 1. The molecule has 0 unspecified atom stereocenters. The zero-order valence-corrected chi connectivity index (χ0v) is 10.2. The Morgan fingerprint density at radius 1 is 1.27 bits per heavy atom. The Hall–Kier alpha value is -0.760. The van der Waals surface area contributed by atoms with Crippen LogP contribution in [0.1, 0.15) is 30.6 Å². The molecule has 0 fully saturated rings. The van der Waals surface area contributed by atoms with Gasteiger partial charge in [0.2, 0.25) is 0 Å². The molecule has 0 N–H and O–H groups in total. The van der Waals surface area contributed by atoms with E-state index >= 15 is 0 Å². The second kappa shape index (κ2) is 6.67. The lowest BCUT2D eigenvalue weighted by molar-refractivity contribution is 0.102. The van der Waals surface area contributed by atoms with Crippen LogP contribution in [0.15, 0.2) is 30.3 Å². The van der Waals surface area contributed by atoms with Gasteiger partial charge in [-0.2, -0.15) is 11.8 Å². The molecule has 0 aliphatic heterocycles. The number of rotatable bonds is 6. The molecule has 15 heavy (non-hydrogen) atoms. The van der Waals surface area contributed by atoms with Crippen LogP contribution in [0.4, 0.5) is 0 Å². The molecule has 1 rings (SSSR count). The summed E-state index contributed by atoms with van der Waals surface area (Å²) in [7, 11) is 0. The van der Waals surface area contributed by atoms with Crippen LogP contribution in [-0.4, -0.2) is 17.3 Å². The Morgan fingerprint density at radius 3 is 2.53 bits per heavy atom. The molecule has 0 saturated heterocycles. The minimum atomic E-state index is 0.240. The highest BCUT2D eigenvalue weighted by Crippen LogP contribution is 2.11. The van der Waals surface area contributed by atoms with Gasteiger partial charge in [-0.05, 0) is 18.1 Å². The van der Waals surface area contributed by atoms with Crippen molar-refractivity contribution in [3.05, 3.63) is 35.9 Å². The molecule has 2 heteroatoms. The highest BCUT2D eigenvalue weighted by molar-refractivity contribution is 7.99. The molecule has 0 saturated carbocycles. The van der Waals surface area contributed by atoms with Gasteiger partial charge in [0, 0.05) is 5.56 Å².